The highest BCUT2D eigenvalue weighted by molar-refractivity contribution is 5.90. The first kappa shape index (κ1) is 18.4. The van der Waals surface area contributed by atoms with E-state index < -0.39 is 17.6 Å². The number of aliphatic carboxylic acids is 1. The molecule has 5 rings (SSSR count). The van der Waals surface area contributed by atoms with Crippen LogP contribution in [0.4, 0.5) is 4.79 Å². The van der Waals surface area contributed by atoms with Crippen LogP contribution in [0.5, 0.6) is 0 Å². The number of amides is 1. The summed E-state index contributed by atoms with van der Waals surface area (Å²) in [5.41, 5.74) is 4.13. The first-order valence-electron chi connectivity index (χ1n) is 10.0. The number of hydrogen-bond donors (Lipinski definition) is 2. The van der Waals surface area contributed by atoms with Gasteiger partial charge in [0, 0.05) is 11.8 Å². The molecule has 0 radical (unpaired) electrons. The first-order valence-corrected chi connectivity index (χ1v) is 10.0. The zero-order valence-electron chi connectivity index (χ0n) is 16.2. The quantitative estimate of drug-likeness (QED) is 0.661. The van der Waals surface area contributed by atoms with Gasteiger partial charge in [-0.25, -0.2) is 9.59 Å². The molecule has 0 bridgehead atoms. The molecule has 0 unspecified atom stereocenters. The third-order valence-corrected chi connectivity index (χ3v) is 6.21. The maximum Gasteiger partial charge on any atom is 0.408 e. The van der Waals surface area contributed by atoms with Gasteiger partial charge in [-0.1, -0.05) is 78.9 Å². The minimum absolute atomic E-state index is 0.0620. The van der Waals surface area contributed by atoms with Crippen LogP contribution in [-0.2, 0) is 9.53 Å². The maximum absolute atomic E-state index is 12.6. The second kappa shape index (κ2) is 7.02. The Morgan fingerprint density at radius 3 is 2.07 bits per heavy atom. The number of fused-ring (bicyclic) bond motifs is 3. The van der Waals surface area contributed by atoms with Crippen LogP contribution < -0.4 is 5.32 Å². The number of benzene rings is 3. The Morgan fingerprint density at radius 2 is 1.47 bits per heavy atom. The summed E-state index contributed by atoms with van der Waals surface area (Å²) in [6.07, 6.45) is -0.339. The van der Waals surface area contributed by atoms with Gasteiger partial charge < -0.3 is 15.2 Å². The Kier molecular flexibility index (Phi) is 4.31. The number of nitrogens with one attached hydrogen (secondary N) is 1. The summed E-state index contributed by atoms with van der Waals surface area (Å²) in [5, 5.41) is 12.4. The zero-order chi connectivity index (χ0) is 20.7. The van der Waals surface area contributed by atoms with Crippen molar-refractivity contribution in [2.75, 3.05) is 6.61 Å². The van der Waals surface area contributed by atoms with E-state index in [0.717, 1.165) is 27.8 Å². The van der Waals surface area contributed by atoms with E-state index in [0.29, 0.717) is 6.42 Å². The van der Waals surface area contributed by atoms with Crippen molar-refractivity contribution in [2.24, 2.45) is 0 Å². The van der Waals surface area contributed by atoms with Crippen molar-refractivity contribution in [1.82, 2.24) is 5.32 Å². The summed E-state index contributed by atoms with van der Waals surface area (Å²) in [6.45, 7) is 0.158. The number of alkyl carbamates (subject to hydrolysis) is 1. The number of carboxylic acids is 1. The van der Waals surface area contributed by atoms with Gasteiger partial charge in [0.15, 0.2) is 0 Å². The van der Waals surface area contributed by atoms with Crippen LogP contribution in [-0.4, -0.2) is 29.3 Å². The minimum Gasteiger partial charge on any atom is -0.479 e. The molecule has 2 aliphatic carbocycles. The summed E-state index contributed by atoms with van der Waals surface area (Å²) in [6, 6.07) is 25.6. The van der Waals surface area contributed by atoms with Gasteiger partial charge >= 0.3 is 12.1 Å². The molecule has 5 nitrogen and oxygen atoms in total. The number of ether oxygens (including phenoxy) is 1. The first-order chi connectivity index (χ1) is 14.6. The van der Waals surface area contributed by atoms with E-state index in [4.69, 9.17) is 4.74 Å². The molecule has 0 aliphatic heterocycles. The topological polar surface area (TPSA) is 75.6 Å². The Bertz CT molecular complexity index is 1080. The second-order valence-corrected chi connectivity index (χ2v) is 7.89. The monoisotopic (exact) mass is 399 g/mol. The van der Waals surface area contributed by atoms with Crippen molar-refractivity contribution in [3.8, 4) is 11.1 Å². The number of carbonyl (C=O) groups is 2. The standard InChI is InChI=1S/C25H21NO4/c27-23(28)25(14-22(25)16-8-2-1-3-9-16)26-24(29)30-15-21-19-12-6-4-10-17(19)18-11-5-7-13-20(18)21/h1-13,21-22H,14-15H2,(H,26,29)(H,27,28)/t22-,25+/m0/s1. The number of carbonyl (C=O) groups excluding carboxylic acids is 1. The highest BCUT2D eigenvalue weighted by Crippen LogP contribution is 2.51. The van der Waals surface area contributed by atoms with E-state index in [2.05, 4.69) is 17.4 Å². The smallest absolute Gasteiger partial charge is 0.408 e. The molecule has 30 heavy (non-hydrogen) atoms. The average molecular weight is 399 g/mol. The highest BCUT2D eigenvalue weighted by Gasteiger charge is 2.62. The van der Waals surface area contributed by atoms with E-state index in [-0.39, 0.29) is 18.4 Å². The van der Waals surface area contributed by atoms with Crippen LogP contribution in [0.25, 0.3) is 11.1 Å². The average Bonchev–Trinajstić information content (AvgIpc) is 3.42. The predicted molar refractivity (Wildman–Crippen MR) is 112 cm³/mol. The third-order valence-electron chi connectivity index (χ3n) is 6.21. The van der Waals surface area contributed by atoms with E-state index in [1.807, 2.05) is 66.7 Å². The van der Waals surface area contributed by atoms with E-state index >= 15 is 0 Å². The molecule has 0 spiro atoms. The van der Waals surface area contributed by atoms with Gasteiger partial charge in [-0.3, -0.25) is 0 Å². The van der Waals surface area contributed by atoms with Crippen molar-refractivity contribution >= 4 is 12.1 Å². The molecule has 0 heterocycles. The molecule has 0 aromatic heterocycles. The Balaban J connectivity index is 1.31. The van der Waals surface area contributed by atoms with Gasteiger partial charge in [-0.2, -0.15) is 0 Å². The lowest BCUT2D eigenvalue weighted by Crippen LogP contribution is -2.45. The molecule has 5 heteroatoms. The number of rotatable bonds is 5. The van der Waals surface area contributed by atoms with Crippen LogP contribution >= 0.6 is 0 Å². The lowest BCUT2D eigenvalue weighted by molar-refractivity contribution is -0.140. The summed E-state index contributed by atoms with van der Waals surface area (Å²) in [4.78, 5) is 24.5. The normalized spacial score (nSPS) is 21.4. The van der Waals surface area contributed by atoms with Crippen LogP contribution in [0.1, 0.15) is 34.9 Å². The predicted octanol–water partition coefficient (Wildman–Crippen LogP) is 4.54. The fourth-order valence-corrected chi connectivity index (χ4v) is 4.60. The number of carboxylic acid groups (broad SMARTS) is 1. The van der Waals surface area contributed by atoms with Crippen molar-refractivity contribution in [3.63, 3.8) is 0 Å². The summed E-state index contributed by atoms with van der Waals surface area (Å²) < 4.78 is 5.54. The van der Waals surface area contributed by atoms with E-state index in [9.17, 15) is 14.7 Å². The Labute approximate surface area is 174 Å². The van der Waals surface area contributed by atoms with Gasteiger partial charge in [-0.05, 0) is 34.2 Å². The molecule has 1 fully saturated rings. The fourth-order valence-electron chi connectivity index (χ4n) is 4.60. The fraction of sp³-hybridized carbons (Fsp3) is 0.200. The van der Waals surface area contributed by atoms with Crippen molar-refractivity contribution in [2.45, 2.75) is 23.8 Å². The van der Waals surface area contributed by atoms with Crippen LogP contribution in [0.15, 0.2) is 78.9 Å². The Morgan fingerprint density at radius 1 is 0.900 bits per heavy atom. The molecule has 3 aromatic carbocycles. The molecule has 0 saturated heterocycles. The van der Waals surface area contributed by atoms with Crippen molar-refractivity contribution < 1.29 is 19.4 Å². The molecule has 2 aliphatic rings. The van der Waals surface area contributed by atoms with Crippen LogP contribution in [0.3, 0.4) is 0 Å². The van der Waals surface area contributed by atoms with Gasteiger partial charge in [0.1, 0.15) is 12.1 Å². The third kappa shape index (κ3) is 2.94. The lowest BCUT2D eigenvalue weighted by Gasteiger charge is -2.18. The molecular weight excluding hydrogens is 378 g/mol. The second-order valence-electron chi connectivity index (χ2n) is 7.89. The molecule has 150 valence electrons. The minimum atomic E-state index is -1.30. The molecule has 1 saturated carbocycles. The maximum atomic E-state index is 12.6. The summed E-state index contributed by atoms with van der Waals surface area (Å²) >= 11 is 0. The SMILES string of the molecule is O=C(N[C@]1(C(=O)O)C[C@H]1c1ccccc1)OCC1c2ccccc2-c2ccccc21. The van der Waals surface area contributed by atoms with E-state index in [1.165, 1.54) is 0 Å². The highest BCUT2D eigenvalue weighted by atomic mass is 16.5. The van der Waals surface area contributed by atoms with Gasteiger partial charge in [0.25, 0.3) is 0 Å². The van der Waals surface area contributed by atoms with Gasteiger partial charge in [0.2, 0.25) is 0 Å². The molecule has 3 aromatic rings. The molecule has 2 N–H and O–H groups in total. The van der Waals surface area contributed by atoms with Crippen LogP contribution in [0, 0.1) is 0 Å². The summed E-state index contributed by atoms with van der Waals surface area (Å²) in [5.74, 6) is -1.35. The van der Waals surface area contributed by atoms with Gasteiger partial charge in [-0.15, -0.1) is 0 Å². The lowest BCUT2D eigenvalue weighted by atomic mass is 9.98. The molecular formula is C25H21NO4. The number of hydrogen-bond acceptors (Lipinski definition) is 3. The molecule has 2 atom stereocenters. The van der Waals surface area contributed by atoms with Crippen LogP contribution in [0.2, 0.25) is 0 Å². The largest absolute Gasteiger partial charge is 0.479 e. The van der Waals surface area contributed by atoms with Crippen molar-refractivity contribution in [1.29, 1.82) is 0 Å². The molecule has 1 amide bonds. The van der Waals surface area contributed by atoms with Crippen molar-refractivity contribution in [3.05, 3.63) is 95.6 Å². The van der Waals surface area contributed by atoms with Gasteiger partial charge in [0.05, 0.1) is 0 Å². The Hall–Kier alpha value is -3.60. The summed E-state index contributed by atoms with van der Waals surface area (Å²) in [7, 11) is 0. The zero-order valence-corrected chi connectivity index (χ0v) is 16.2. The van der Waals surface area contributed by atoms with E-state index in [1.54, 1.807) is 0 Å².